The molecule has 0 unspecified atom stereocenters. The van der Waals surface area contributed by atoms with Crippen molar-refractivity contribution in [3.05, 3.63) is 57.6 Å². The van der Waals surface area contributed by atoms with E-state index < -0.39 is 0 Å². The Morgan fingerprint density at radius 1 is 0.788 bits per heavy atom. The van der Waals surface area contributed by atoms with Crippen LogP contribution in [-0.4, -0.2) is 50.3 Å². The molecule has 1 saturated heterocycles. The average molecular weight is 678 g/mol. The van der Waals surface area contributed by atoms with Crippen LogP contribution in [0.5, 0.6) is 0 Å². The van der Waals surface area contributed by atoms with Crippen molar-refractivity contribution in [2.45, 2.75) is 48.0 Å². The van der Waals surface area contributed by atoms with Crippen LogP contribution in [0, 0.1) is 41.5 Å². The molecule has 7 heteroatoms. The molecule has 1 aliphatic rings. The predicted molar refractivity (Wildman–Crippen MR) is 164 cm³/mol. The van der Waals surface area contributed by atoms with Crippen molar-refractivity contribution in [1.82, 2.24) is 4.90 Å². The predicted octanol–water partition coefficient (Wildman–Crippen LogP) is 6.38. The van der Waals surface area contributed by atoms with Crippen LogP contribution in [0.2, 0.25) is 0 Å². The van der Waals surface area contributed by atoms with Gasteiger partial charge in [0.25, 0.3) is 0 Å². The zero-order valence-corrected chi connectivity index (χ0v) is 25.5. The van der Waals surface area contributed by atoms with Crippen molar-refractivity contribution in [3.8, 4) is 0 Å². The molecule has 1 fully saturated rings. The molecule has 1 aliphatic heterocycles. The maximum Gasteiger partial charge on any atom is 0.200 e. The van der Waals surface area contributed by atoms with E-state index in [2.05, 4.69) is 81.3 Å². The number of nitrogens with zero attached hydrogens (tertiary/aromatic N) is 2. The van der Waals surface area contributed by atoms with Gasteiger partial charge in [0.2, 0.25) is 0 Å². The number of aliphatic imine (C=N–C) groups is 1. The van der Waals surface area contributed by atoms with Gasteiger partial charge in [0.05, 0.1) is 13.2 Å². The second kappa shape index (κ2) is 14.5. The van der Waals surface area contributed by atoms with E-state index >= 15 is 0 Å². The Balaban J connectivity index is 0.00000272. The first kappa shape index (κ1) is 30.1. The molecule has 5 nitrogen and oxygen atoms in total. The van der Waals surface area contributed by atoms with Crippen molar-refractivity contribution < 1.29 is 4.74 Å². The Kier molecular flexibility index (Phi) is 13.2. The van der Waals surface area contributed by atoms with Gasteiger partial charge in [-0.25, -0.2) is 0 Å². The molecule has 0 amide bonds. The highest BCUT2D eigenvalue weighted by atomic mass is 127. The monoisotopic (exact) mass is 678 g/mol. The lowest BCUT2D eigenvalue weighted by Crippen LogP contribution is -2.37. The molecular weight excluding hydrogens is 638 g/mol. The summed E-state index contributed by atoms with van der Waals surface area (Å²) >= 11 is 0. The van der Waals surface area contributed by atoms with E-state index in [0.717, 1.165) is 63.1 Å². The van der Waals surface area contributed by atoms with Crippen LogP contribution >= 0.6 is 48.0 Å². The zero-order valence-electron chi connectivity index (χ0n) is 20.9. The van der Waals surface area contributed by atoms with Gasteiger partial charge < -0.3 is 15.4 Å². The lowest BCUT2D eigenvalue weighted by atomic mass is 10.0. The second-order valence-electron chi connectivity index (χ2n) is 8.84. The molecule has 0 bridgehead atoms. The van der Waals surface area contributed by atoms with E-state index in [1.807, 2.05) is 0 Å². The Hall–Kier alpha value is -0.910. The molecule has 2 N–H and O–H groups in total. The average Bonchev–Trinajstić information content (AvgIpc) is 2.70. The number of morpholine rings is 1. The van der Waals surface area contributed by atoms with Crippen LogP contribution in [0.25, 0.3) is 0 Å². The molecular formula is C26H40I2N4O. The van der Waals surface area contributed by atoms with E-state index in [9.17, 15) is 0 Å². The highest BCUT2D eigenvalue weighted by Gasteiger charge is 2.12. The lowest BCUT2D eigenvalue weighted by Gasteiger charge is -2.26. The van der Waals surface area contributed by atoms with Gasteiger partial charge in [0, 0.05) is 37.6 Å². The number of hydrogen-bond donors (Lipinski definition) is 2. The molecule has 184 valence electrons. The third-order valence-corrected chi connectivity index (χ3v) is 5.85. The molecule has 3 rings (SSSR count). The minimum Gasteiger partial charge on any atom is -0.379 e. The van der Waals surface area contributed by atoms with Crippen molar-refractivity contribution in [2.24, 2.45) is 4.99 Å². The first-order valence-corrected chi connectivity index (χ1v) is 11.4. The van der Waals surface area contributed by atoms with Gasteiger partial charge in [-0.05, 0) is 70.2 Å². The molecule has 0 saturated carbocycles. The highest BCUT2D eigenvalue weighted by molar-refractivity contribution is 14.0. The summed E-state index contributed by atoms with van der Waals surface area (Å²) in [5.41, 5.74) is 9.76. The first-order chi connectivity index (χ1) is 14.8. The molecule has 0 spiro atoms. The van der Waals surface area contributed by atoms with Gasteiger partial charge in [0.15, 0.2) is 5.96 Å². The van der Waals surface area contributed by atoms with Crippen LogP contribution in [-0.2, 0) is 4.74 Å². The number of anilines is 2. The van der Waals surface area contributed by atoms with Crippen LogP contribution in [0.3, 0.4) is 0 Å². The number of rotatable bonds is 6. The summed E-state index contributed by atoms with van der Waals surface area (Å²) in [5.74, 6) is 0.812. The maximum absolute atomic E-state index is 5.45. The fraction of sp³-hybridized carbons (Fsp3) is 0.500. The number of nitrogens with one attached hydrogen (secondary N) is 2. The van der Waals surface area contributed by atoms with Gasteiger partial charge in [0.1, 0.15) is 0 Å². The van der Waals surface area contributed by atoms with E-state index in [1.165, 1.54) is 33.4 Å². The number of hydrogen-bond acceptors (Lipinski definition) is 3. The van der Waals surface area contributed by atoms with Crippen molar-refractivity contribution in [2.75, 3.05) is 50.0 Å². The van der Waals surface area contributed by atoms with Crippen molar-refractivity contribution in [1.29, 1.82) is 0 Å². The summed E-state index contributed by atoms with van der Waals surface area (Å²) < 4.78 is 5.45. The quantitative estimate of drug-likeness (QED) is 0.161. The molecule has 33 heavy (non-hydrogen) atoms. The normalized spacial score (nSPS) is 13.5. The van der Waals surface area contributed by atoms with Gasteiger partial charge in [-0.15, -0.1) is 48.0 Å². The minimum absolute atomic E-state index is 0. The number of guanidine groups is 1. The number of halogens is 2. The van der Waals surface area contributed by atoms with Crippen LogP contribution in [0.1, 0.15) is 39.8 Å². The SMILES string of the molecule is Cc1cc(C)c(NC(=NCCCN2CCOCC2)Nc2c(C)cc(C)cc2C)c(C)c1.I.I. The molecule has 2 aromatic rings. The smallest absolute Gasteiger partial charge is 0.200 e. The number of ether oxygens (including phenoxy) is 1. The van der Waals surface area contributed by atoms with E-state index in [-0.39, 0.29) is 48.0 Å². The molecule has 0 aliphatic carbocycles. The van der Waals surface area contributed by atoms with Crippen LogP contribution in [0.15, 0.2) is 29.3 Å². The van der Waals surface area contributed by atoms with Crippen molar-refractivity contribution in [3.63, 3.8) is 0 Å². The Bertz CT molecular complexity index is 832. The highest BCUT2D eigenvalue weighted by Crippen LogP contribution is 2.25. The molecule has 2 aromatic carbocycles. The van der Waals surface area contributed by atoms with E-state index in [1.54, 1.807) is 0 Å². The largest absolute Gasteiger partial charge is 0.379 e. The van der Waals surface area contributed by atoms with Crippen molar-refractivity contribution >= 4 is 65.3 Å². The summed E-state index contributed by atoms with van der Waals surface area (Å²) in [7, 11) is 0. The standard InChI is InChI=1S/C26H38N4O.2HI/c1-18-14-20(3)24(21(4)15-18)28-26(27-8-7-9-30-10-12-31-13-11-30)29-25-22(5)16-19(2)17-23(25)6;;/h14-17H,7-13H2,1-6H3,(H2,27,28,29);2*1H. The third-order valence-electron chi connectivity index (χ3n) is 5.85. The fourth-order valence-corrected chi connectivity index (χ4v) is 4.41. The molecule has 0 radical (unpaired) electrons. The molecule has 0 atom stereocenters. The first-order valence-electron chi connectivity index (χ1n) is 11.4. The molecule has 1 heterocycles. The van der Waals surface area contributed by atoms with E-state index in [0.29, 0.717) is 0 Å². The topological polar surface area (TPSA) is 48.9 Å². The Morgan fingerprint density at radius 2 is 1.21 bits per heavy atom. The Morgan fingerprint density at radius 3 is 1.64 bits per heavy atom. The number of aryl methyl sites for hydroxylation is 6. The summed E-state index contributed by atoms with van der Waals surface area (Å²) in [6.45, 7) is 18.5. The zero-order chi connectivity index (χ0) is 22.4. The lowest BCUT2D eigenvalue weighted by molar-refractivity contribution is 0.0377. The molecule has 0 aromatic heterocycles. The third kappa shape index (κ3) is 8.99. The van der Waals surface area contributed by atoms with Gasteiger partial charge >= 0.3 is 0 Å². The summed E-state index contributed by atoms with van der Waals surface area (Å²) in [6.07, 6.45) is 1.03. The Labute approximate surface area is 234 Å². The summed E-state index contributed by atoms with van der Waals surface area (Å²) in [6, 6.07) is 8.86. The van der Waals surface area contributed by atoms with Gasteiger partial charge in [-0.1, -0.05) is 35.4 Å². The summed E-state index contributed by atoms with van der Waals surface area (Å²) in [5, 5.41) is 7.21. The van der Waals surface area contributed by atoms with Crippen LogP contribution in [0.4, 0.5) is 11.4 Å². The number of benzene rings is 2. The van der Waals surface area contributed by atoms with Gasteiger partial charge in [-0.3, -0.25) is 9.89 Å². The van der Waals surface area contributed by atoms with Crippen LogP contribution < -0.4 is 10.6 Å². The second-order valence-corrected chi connectivity index (χ2v) is 8.84. The van der Waals surface area contributed by atoms with Gasteiger partial charge in [-0.2, -0.15) is 0 Å². The van der Waals surface area contributed by atoms with E-state index in [4.69, 9.17) is 9.73 Å². The minimum atomic E-state index is 0. The summed E-state index contributed by atoms with van der Waals surface area (Å²) in [4.78, 5) is 7.40. The maximum atomic E-state index is 5.45. The fourth-order valence-electron chi connectivity index (χ4n) is 4.41.